The van der Waals surface area contributed by atoms with E-state index < -0.39 is 11.9 Å². The largest absolute Gasteiger partial charge is 0.465 e. The van der Waals surface area contributed by atoms with E-state index in [0.29, 0.717) is 28.3 Å². The lowest BCUT2D eigenvalue weighted by Gasteiger charge is -2.10. The number of para-hydroxylation sites is 2. The standard InChI is InChI=1S/C21H16N4O3/c1-28-21(27)16-7-3-5-9-18(16)25-20(26)15-10-11-19(23-13-15)24-17-8-4-2-6-14(17)12-22/h2-11,13H,1H3,(H,23,24)(H,25,26). The normalized spacial score (nSPS) is 9.86. The van der Waals surface area contributed by atoms with Crippen LogP contribution in [0.2, 0.25) is 0 Å². The summed E-state index contributed by atoms with van der Waals surface area (Å²) in [6.07, 6.45) is 1.41. The zero-order chi connectivity index (χ0) is 19.9. The van der Waals surface area contributed by atoms with Crippen molar-refractivity contribution in [1.82, 2.24) is 4.98 Å². The third kappa shape index (κ3) is 4.14. The van der Waals surface area contributed by atoms with Crippen molar-refractivity contribution in [3.05, 3.63) is 83.6 Å². The highest BCUT2D eigenvalue weighted by Crippen LogP contribution is 2.20. The van der Waals surface area contributed by atoms with Gasteiger partial charge in [0.15, 0.2) is 0 Å². The number of anilines is 3. The molecular weight excluding hydrogens is 356 g/mol. The number of methoxy groups -OCH3 is 1. The van der Waals surface area contributed by atoms with Crippen LogP contribution in [0.15, 0.2) is 66.9 Å². The van der Waals surface area contributed by atoms with Gasteiger partial charge in [-0.2, -0.15) is 5.26 Å². The summed E-state index contributed by atoms with van der Waals surface area (Å²) < 4.78 is 4.72. The van der Waals surface area contributed by atoms with Crippen LogP contribution >= 0.6 is 0 Å². The Hall–Kier alpha value is -4.18. The molecule has 0 fully saturated rings. The molecule has 3 rings (SSSR count). The van der Waals surface area contributed by atoms with Crippen molar-refractivity contribution in [2.75, 3.05) is 17.7 Å². The van der Waals surface area contributed by atoms with E-state index in [0.717, 1.165) is 0 Å². The molecule has 0 radical (unpaired) electrons. The predicted octanol–water partition coefficient (Wildman–Crippen LogP) is 3.74. The van der Waals surface area contributed by atoms with Gasteiger partial charge in [-0.25, -0.2) is 9.78 Å². The minimum absolute atomic E-state index is 0.262. The van der Waals surface area contributed by atoms with Crippen LogP contribution in [-0.2, 0) is 4.74 Å². The summed E-state index contributed by atoms with van der Waals surface area (Å²) in [4.78, 5) is 28.5. The number of nitrogens with zero attached hydrogens (tertiary/aromatic N) is 2. The number of aromatic nitrogens is 1. The SMILES string of the molecule is COC(=O)c1ccccc1NC(=O)c1ccc(Nc2ccccc2C#N)nc1. The Balaban J connectivity index is 1.75. The van der Waals surface area contributed by atoms with Crippen LogP contribution in [0.3, 0.4) is 0 Å². The number of benzene rings is 2. The highest BCUT2D eigenvalue weighted by molar-refractivity contribution is 6.07. The molecule has 2 aromatic carbocycles. The number of nitriles is 1. The van der Waals surface area contributed by atoms with E-state index in [4.69, 9.17) is 10.00 Å². The van der Waals surface area contributed by atoms with Crippen molar-refractivity contribution in [1.29, 1.82) is 5.26 Å². The lowest BCUT2D eigenvalue weighted by molar-refractivity contribution is 0.0602. The van der Waals surface area contributed by atoms with Gasteiger partial charge in [0, 0.05) is 6.20 Å². The average molecular weight is 372 g/mol. The smallest absolute Gasteiger partial charge is 0.339 e. The quantitative estimate of drug-likeness (QED) is 0.661. The zero-order valence-corrected chi connectivity index (χ0v) is 15.0. The van der Waals surface area contributed by atoms with E-state index in [1.807, 2.05) is 6.07 Å². The van der Waals surface area contributed by atoms with Crippen molar-refractivity contribution in [3.63, 3.8) is 0 Å². The molecule has 0 atom stereocenters. The molecule has 0 saturated carbocycles. The topological polar surface area (TPSA) is 104 Å². The number of carbonyl (C=O) groups excluding carboxylic acids is 2. The van der Waals surface area contributed by atoms with Crippen LogP contribution in [0, 0.1) is 11.3 Å². The maximum Gasteiger partial charge on any atom is 0.339 e. The fraction of sp³-hybridized carbons (Fsp3) is 0.0476. The third-order valence-electron chi connectivity index (χ3n) is 3.92. The number of carbonyl (C=O) groups is 2. The van der Waals surface area contributed by atoms with Crippen LogP contribution in [0.4, 0.5) is 17.2 Å². The van der Waals surface area contributed by atoms with Gasteiger partial charge in [-0.15, -0.1) is 0 Å². The van der Waals surface area contributed by atoms with Crippen LogP contribution in [0.5, 0.6) is 0 Å². The highest BCUT2D eigenvalue weighted by atomic mass is 16.5. The Morgan fingerprint density at radius 3 is 2.39 bits per heavy atom. The van der Waals surface area contributed by atoms with E-state index in [9.17, 15) is 9.59 Å². The molecule has 3 aromatic rings. The first kappa shape index (κ1) is 18.6. The number of hydrogen-bond donors (Lipinski definition) is 2. The molecule has 1 aromatic heterocycles. The molecule has 0 saturated heterocycles. The summed E-state index contributed by atoms with van der Waals surface area (Å²) in [6, 6.07) is 19.0. The van der Waals surface area contributed by atoms with Crippen LogP contribution in [0.25, 0.3) is 0 Å². The molecule has 1 amide bonds. The number of rotatable bonds is 5. The Morgan fingerprint density at radius 1 is 1.00 bits per heavy atom. The summed E-state index contributed by atoms with van der Waals surface area (Å²) in [6.45, 7) is 0. The first-order chi connectivity index (χ1) is 13.6. The number of ether oxygens (including phenoxy) is 1. The average Bonchev–Trinajstić information content (AvgIpc) is 2.74. The second-order valence-electron chi connectivity index (χ2n) is 5.71. The molecule has 0 aliphatic heterocycles. The number of hydrogen-bond acceptors (Lipinski definition) is 6. The molecule has 0 aliphatic carbocycles. The second kappa shape index (κ2) is 8.47. The van der Waals surface area contributed by atoms with Gasteiger partial charge in [0.1, 0.15) is 11.9 Å². The van der Waals surface area contributed by atoms with Gasteiger partial charge in [-0.05, 0) is 36.4 Å². The second-order valence-corrected chi connectivity index (χ2v) is 5.71. The first-order valence-electron chi connectivity index (χ1n) is 8.33. The summed E-state index contributed by atoms with van der Waals surface area (Å²) in [5.74, 6) is -0.452. The fourth-order valence-corrected chi connectivity index (χ4v) is 2.50. The van der Waals surface area contributed by atoms with Gasteiger partial charge >= 0.3 is 5.97 Å². The molecular formula is C21H16N4O3. The molecule has 0 aliphatic rings. The van der Waals surface area contributed by atoms with Gasteiger partial charge in [0.05, 0.1) is 35.2 Å². The van der Waals surface area contributed by atoms with Crippen molar-refractivity contribution >= 4 is 29.1 Å². The molecule has 28 heavy (non-hydrogen) atoms. The lowest BCUT2D eigenvalue weighted by atomic mass is 10.1. The van der Waals surface area contributed by atoms with E-state index in [-0.39, 0.29) is 5.56 Å². The number of esters is 1. The first-order valence-corrected chi connectivity index (χ1v) is 8.33. The summed E-state index contributed by atoms with van der Waals surface area (Å²) in [5, 5.41) is 14.9. The molecule has 138 valence electrons. The Morgan fingerprint density at radius 2 is 1.71 bits per heavy atom. The van der Waals surface area contributed by atoms with Gasteiger partial charge < -0.3 is 15.4 Å². The molecule has 1 heterocycles. The Labute approximate surface area is 161 Å². The highest BCUT2D eigenvalue weighted by Gasteiger charge is 2.14. The summed E-state index contributed by atoms with van der Waals surface area (Å²) in [7, 11) is 1.28. The monoisotopic (exact) mass is 372 g/mol. The summed E-state index contributed by atoms with van der Waals surface area (Å²) >= 11 is 0. The van der Waals surface area contributed by atoms with E-state index in [2.05, 4.69) is 21.7 Å². The zero-order valence-electron chi connectivity index (χ0n) is 15.0. The maximum absolute atomic E-state index is 12.5. The van der Waals surface area contributed by atoms with Crippen LogP contribution < -0.4 is 10.6 Å². The van der Waals surface area contributed by atoms with Crippen molar-refractivity contribution in [2.45, 2.75) is 0 Å². The lowest BCUT2D eigenvalue weighted by Crippen LogP contribution is -2.15. The molecule has 0 bridgehead atoms. The Kier molecular flexibility index (Phi) is 5.63. The van der Waals surface area contributed by atoms with Crippen LogP contribution in [-0.4, -0.2) is 24.0 Å². The van der Waals surface area contributed by atoms with Gasteiger partial charge in [0.25, 0.3) is 5.91 Å². The number of nitrogens with one attached hydrogen (secondary N) is 2. The molecule has 0 unspecified atom stereocenters. The molecule has 7 nitrogen and oxygen atoms in total. The predicted molar refractivity (Wildman–Crippen MR) is 104 cm³/mol. The van der Waals surface area contributed by atoms with Gasteiger partial charge in [0.2, 0.25) is 0 Å². The molecule has 2 N–H and O–H groups in total. The number of pyridine rings is 1. The maximum atomic E-state index is 12.5. The van der Waals surface area contributed by atoms with Crippen LogP contribution in [0.1, 0.15) is 26.3 Å². The minimum Gasteiger partial charge on any atom is -0.465 e. The summed E-state index contributed by atoms with van der Waals surface area (Å²) in [5.41, 5.74) is 2.05. The minimum atomic E-state index is -0.537. The van der Waals surface area contributed by atoms with Crippen molar-refractivity contribution in [2.24, 2.45) is 0 Å². The van der Waals surface area contributed by atoms with Gasteiger partial charge in [-0.1, -0.05) is 24.3 Å². The van der Waals surface area contributed by atoms with E-state index in [1.165, 1.54) is 13.3 Å². The molecule has 0 spiro atoms. The van der Waals surface area contributed by atoms with Gasteiger partial charge in [-0.3, -0.25) is 4.79 Å². The van der Waals surface area contributed by atoms with E-state index in [1.54, 1.807) is 54.6 Å². The van der Waals surface area contributed by atoms with Crippen molar-refractivity contribution < 1.29 is 14.3 Å². The van der Waals surface area contributed by atoms with Crippen molar-refractivity contribution in [3.8, 4) is 6.07 Å². The fourth-order valence-electron chi connectivity index (χ4n) is 2.50. The Bertz CT molecular complexity index is 1060. The van der Waals surface area contributed by atoms with E-state index >= 15 is 0 Å². The third-order valence-corrected chi connectivity index (χ3v) is 3.92. The number of amides is 1. The molecule has 7 heteroatoms.